The van der Waals surface area contributed by atoms with E-state index in [2.05, 4.69) is 49.1 Å². The molecule has 1 fully saturated rings. The van der Waals surface area contributed by atoms with Crippen LogP contribution in [0.1, 0.15) is 43.9 Å². The third-order valence-electron chi connectivity index (χ3n) is 4.32. The van der Waals surface area contributed by atoms with Gasteiger partial charge >= 0.3 is 0 Å². The summed E-state index contributed by atoms with van der Waals surface area (Å²) in [6, 6.07) is 7.22. The lowest BCUT2D eigenvalue weighted by molar-refractivity contribution is 0.356. The molecule has 19 heavy (non-hydrogen) atoms. The Morgan fingerprint density at radius 1 is 1.47 bits per heavy atom. The van der Waals surface area contributed by atoms with Crippen molar-refractivity contribution in [2.75, 3.05) is 18.9 Å². The van der Waals surface area contributed by atoms with Gasteiger partial charge in [0.05, 0.1) is 6.61 Å². The molecule has 3 rings (SSSR count). The van der Waals surface area contributed by atoms with Crippen LogP contribution in [0.5, 0.6) is 5.75 Å². The zero-order valence-electron chi connectivity index (χ0n) is 11.9. The van der Waals surface area contributed by atoms with E-state index in [4.69, 9.17) is 4.74 Å². The molecule has 0 bridgehead atoms. The van der Waals surface area contributed by atoms with Crippen molar-refractivity contribution < 1.29 is 4.74 Å². The fourth-order valence-electron chi connectivity index (χ4n) is 3.30. The predicted octanol–water partition coefficient (Wildman–Crippen LogP) is 3.56. The molecule has 2 aliphatic heterocycles. The fourth-order valence-corrected chi connectivity index (χ4v) is 4.73. The van der Waals surface area contributed by atoms with E-state index in [0.717, 1.165) is 25.3 Å². The van der Waals surface area contributed by atoms with E-state index >= 15 is 0 Å². The maximum absolute atomic E-state index is 5.62. The lowest BCUT2D eigenvalue weighted by Crippen LogP contribution is -2.37. The molecule has 2 heterocycles. The number of fused-ring (bicyclic) bond motifs is 1. The molecule has 0 aromatic heterocycles. The number of ether oxygens (including phenoxy) is 1. The molecule has 2 aliphatic rings. The normalized spacial score (nSPS) is 27.1. The summed E-state index contributed by atoms with van der Waals surface area (Å²) in [5, 5.41) is 3.71. The van der Waals surface area contributed by atoms with Gasteiger partial charge in [0.25, 0.3) is 0 Å². The van der Waals surface area contributed by atoms with Crippen LogP contribution in [0.3, 0.4) is 0 Å². The van der Waals surface area contributed by atoms with Gasteiger partial charge in [-0.1, -0.05) is 19.1 Å². The Kier molecular flexibility index (Phi) is 3.77. The van der Waals surface area contributed by atoms with Gasteiger partial charge in [0.15, 0.2) is 0 Å². The van der Waals surface area contributed by atoms with Gasteiger partial charge in [-0.2, -0.15) is 11.8 Å². The van der Waals surface area contributed by atoms with Crippen molar-refractivity contribution in [1.29, 1.82) is 0 Å². The van der Waals surface area contributed by atoms with E-state index < -0.39 is 0 Å². The topological polar surface area (TPSA) is 21.3 Å². The van der Waals surface area contributed by atoms with Crippen LogP contribution in [-0.4, -0.2) is 23.7 Å². The van der Waals surface area contributed by atoms with E-state index in [9.17, 15) is 0 Å². The van der Waals surface area contributed by atoms with E-state index in [0.29, 0.717) is 10.8 Å². The van der Waals surface area contributed by atoms with Crippen LogP contribution < -0.4 is 10.1 Å². The largest absolute Gasteiger partial charge is 0.493 e. The van der Waals surface area contributed by atoms with Crippen molar-refractivity contribution in [3.05, 3.63) is 29.3 Å². The van der Waals surface area contributed by atoms with Gasteiger partial charge in [-0.15, -0.1) is 0 Å². The van der Waals surface area contributed by atoms with Gasteiger partial charge in [0, 0.05) is 17.2 Å². The SMILES string of the molecule is CCNC(c1ccc2c(c1)CCO2)C1(C)CCCS1. The summed E-state index contributed by atoms with van der Waals surface area (Å²) in [6.07, 6.45) is 3.71. The summed E-state index contributed by atoms with van der Waals surface area (Å²) in [7, 11) is 0. The molecule has 2 nitrogen and oxygen atoms in total. The smallest absolute Gasteiger partial charge is 0.122 e. The molecule has 0 spiro atoms. The Balaban J connectivity index is 1.91. The number of hydrogen-bond donors (Lipinski definition) is 1. The van der Waals surface area contributed by atoms with Crippen molar-refractivity contribution in [2.45, 2.75) is 43.9 Å². The highest BCUT2D eigenvalue weighted by atomic mass is 32.2. The van der Waals surface area contributed by atoms with Gasteiger partial charge in [0.1, 0.15) is 5.75 Å². The molecule has 2 unspecified atom stereocenters. The second-order valence-corrected chi connectivity index (χ2v) is 7.35. The van der Waals surface area contributed by atoms with Crippen LogP contribution in [0.2, 0.25) is 0 Å². The highest BCUT2D eigenvalue weighted by Crippen LogP contribution is 2.47. The summed E-state index contributed by atoms with van der Waals surface area (Å²) in [4.78, 5) is 0. The molecule has 0 saturated carbocycles. The summed E-state index contributed by atoms with van der Waals surface area (Å²) in [5.74, 6) is 2.38. The lowest BCUT2D eigenvalue weighted by atomic mass is 9.89. The minimum absolute atomic E-state index is 0.337. The van der Waals surface area contributed by atoms with E-state index in [1.54, 1.807) is 0 Å². The summed E-state index contributed by atoms with van der Waals surface area (Å²) in [6.45, 7) is 6.49. The maximum atomic E-state index is 5.62. The maximum Gasteiger partial charge on any atom is 0.122 e. The highest BCUT2D eigenvalue weighted by Gasteiger charge is 2.38. The Morgan fingerprint density at radius 3 is 3.11 bits per heavy atom. The first kappa shape index (κ1) is 13.3. The first-order valence-corrected chi connectivity index (χ1v) is 8.34. The van der Waals surface area contributed by atoms with Gasteiger partial charge in [-0.3, -0.25) is 0 Å². The van der Waals surface area contributed by atoms with Gasteiger partial charge < -0.3 is 10.1 Å². The molecular formula is C16H23NOS. The Hall–Kier alpha value is -0.670. The average Bonchev–Trinajstić information content (AvgIpc) is 3.04. The molecule has 0 aliphatic carbocycles. The Bertz CT molecular complexity index is 454. The quantitative estimate of drug-likeness (QED) is 0.909. The van der Waals surface area contributed by atoms with Crippen LogP contribution in [0.25, 0.3) is 0 Å². The first-order valence-electron chi connectivity index (χ1n) is 7.36. The summed E-state index contributed by atoms with van der Waals surface area (Å²) < 4.78 is 5.96. The van der Waals surface area contributed by atoms with Crippen molar-refractivity contribution in [1.82, 2.24) is 5.32 Å². The van der Waals surface area contributed by atoms with E-state index in [-0.39, 0.29) is 0 Å². The average molecular weight is 277 g/mol. The molecule has 1 aromatic rings. The first-order chi connectivity index (χ1) is 9.23. The van der Waals surface area contributed by atoms with Gasteiger partial charge in [0.2, 0.25) is 0 Å². The van der Waals surface area contributed by atoms with E-state index in [1.807, 2.05) is 0 Å². The summed E-state index contributed by atoms with van der Waals surface area (Å²) >= 11 is 2.13. The fraction of sp³-hybridized carbons (Fsp3) is 0.625. The molecule has 104 valence electrons. The number of rotatable bonds is 4. The van der Waals surface area contributed by atoms with Crippen LogP contribution in [-0.2, 0) is 6.42 Å². The summed E-state index contributed by atoms with van der Waals surface area (Å²) in [5.41, 5.74) is 2.81. The molecular weight excluding hydrogens is 254 g/mol. The molecule has 3 heteroatoms. The third-order valence-corrected chi connectivity index (χ3v) is 5.91. The van der Waals surface area contributed by atoms with Gasteiger partial charge in [-0.25, -0.2) is 0 Å². The van der Waals surface area contributed by atoms with Crippen molar-refractivity contribution in [3.8, 4) is 5.75 Å². The number of hydrogen-bond acceptors (Lipinski definition) is 3. The van der Waals surface area contributed by atoms with Crippen LogP contribution in [0, 0.1) is 0 Å². The third kappa shape index (κ3) is 2.50. The minimum atomic E-state index is 0.337. The van der Waals surface area contributed by atoms with Gasteiger partial charge in [-0.05, 0) is 49.3 Å². The Labute approximate surface area is 120 Å². The monoisotopic (exact) mass is 277 g/mol. The predicted molar refractivity (Wildman–Crippen MR) is 82.2 cm³/mol. The van der Waals surface area contributed by atoms with Crippen LogP contribution in [0.4, 0.5) is 0 Å². The number of nitrogens with one attached hydrogen (secondary N) is 1. The standard InChI is InChI=1S/C16H23NOS/c1-3-17-15(16(2)8-4-10-19-16)13-5-6-14-12(11-13)7-9-18-14/h5-6,11,15,17H,3-4,7-10H2,1-2H3. The van der Waals surface area contributed by atoms with Crippen molar-refractivity contribution in [2.24, 2.45) is 0 Å². The molecule has 0 amide bonds. The van der Waals surface area contributed by atoms with Crippen LogP contribution >= 0.6 is 11.8 Å². The molecule has 0 radical (unpaired) electrons. The highest BCUT2D eigenvalue weighted by molar-refractivity contribution is 8.00. The zero-order valence-corrected chi connectivity index (χ0v) is 12.7. The second kappa shape index (κ2) is 5.37. The van der Waals surface area contributed by atoms with E-state index in [1.165, 1.54) is 29.7 Å². The molecule has 1 saturated heterocycles. The Morgan fingerprint density at radius 2 is 2.37 bits per heavy atom. The van der Waals surface area contributed by atoms with Crippen molar-refractivity contribution in [3.63, 3.8) is 0 Å². The molecule has 2 atom stereocenters. The van der Waals surface area contributed by atoms with Crippen LogP contribution in [0.15, 0.2) is 18.2 Å². The van der Waals surface area contributed by atoms with Crippen molar-refractivity contribution >= 4 is 11.8 Å². The molecule has 1 N–H and O–H groups in total. The number of thioether (sulfide) groups is 1. The molecule has 1 aromatic carbocycles. The number of benzene rings is 1. The zero-order chi connectivity index (χ0) is 13.3. The second-order valence-electron chi connectivity index (χ2n) is 5.72. The minimum Gasteiger partial charge on any atom is -0.493 e. The lowest BCUT2D eigenvalue weighted by Gasteiger charge is -2.34.